The first-order valence-corrected chi connectivity index (χ1v) is 7.63. The molecule has 0 unspecified atom stereocenters. The normalized spacial score (nSPS) is 11.0. The van der Waals surface area contributed by atoms with Crippen LogP contribution in [0.2, 0.25) is 5.02 Å². The monoisotopic (exact) mass is 322 g/mol. The van der Waals surface area contributed by atoms with Crippen LogP contribution in [0.25, 0.3) is 6.08 Å². The number of H-pyrrole nitrogens is 1. The molecule has 0 spiro atoms. The Kier molecular flexibility index (Phi) is 4.69. The second kappa shape index (κ2) is 7.07. The molecule has 0 saturated heterocycles. The molecule has 0 aliphatic carbocycles. The third-order valence-electron chi connectivity index (χ3n) is 3.49. The Morgan fingerprint density at radius 1 is 1.09 bits per heavy atom. The number of allylic oxidation sites excluding steroid dienone is 1. The number of imidazole rings is 1. The molecule has 3 nitrogen and oxygen atoms in total. The summed E-state index contributed by atoms with van der Waals surface area (Å²) in [7, 11) is 0. The van der Waals surface area contributed by atoms with Gasteiger partial charge in [-0.05, 0) is 41.5 Å². The summed E-state index contributed by atoms with van der Waals surface area (Å²) in [6, 6.07) is 15.0. The van der Waals surface area contributed by atoms with Crippen molar-refractivity contribution in [3.8, 4) is 0 Å². The van der Waals surface area contributed by atoms with E-state index in [0.717, 1.165) is 17.7 Å². The van der Waals surface area contributed by atoms with Crippen molar-refractivity contribution in [2.75, 3.05) is 0 Å². The molecule has 3 aromatic rings. The third-order valence-corrected chi connectivity index (χ3v) is 3.74. The molecular weight excluding hydrogens is 308 g/mol. The number of hydrogen-bond donors (Lipinski definition) is 1. The zero-order valence-corrected chi connectivity index (χ0v) is 13.1. The molecule has 2 aromatic carbocycles. The molecular formula is C19H15ClN2O. The van der Waals surface area contributed by atoms with Crippen LogP contribution in [0.4, 0.5) is 0 Å². The summed E-state index contributed by atoms with van der Waals surface area (Å²) < 4.78 is 0. The summed E-state index contributed by atoms with van der Waals surface area (Å²) in [4.78, 5) is 19.2. The van der Waals surface area contributed by atoms with Gasteiger partial charge in [0.05, 0.1) is 6.33 Å². The average molecular weight is 323 g/mol. The summed E-state index contributed by atoms with van der Waals surface area (Å²) in [6.45, 7) is 0. The molecule has 0 atom stereocenters. The van der Waals surface area contributed by atoms with Crippen LogP contribution in [0.1, 0.15) is 27.2 Å². The van der Waals surface area contributed by atoms with Gasteiger partial charge in [-0.2, -0.15) is 0 Å². The molecule has 0 radical (unpaired) electrons. The number of aromatic amines is 1. The van der Waals surface area contributed by atoms with Crippen molar-refractivity contribution in [1.29, 1.82) is 0 Å². The molecule has 1 N–H and O–H groups in total. The van der Waals surface area contributed by atoms with Gasteiger partial charge in [-0.25, -0.2) is 4.98 Å². The zero-order valence-electron chi connectivity index (χ0n) is 12.4. The van der Waals surface area contributed by atoms with E-state index in [0.29, 0.717) is 10.6 Å². The van der Waals surface area contributed by atoms with Gasteiger partial charge >= 0.3 is 0 Å². The van der Waals surface area contributed by atoms with E-state index in [1.165, 1.54) is 5.56 Å². The predicted molar refractivity (Wildman–Crippen MR) is 92.7 cm³/mol. The van der Waals surface area contributed by atoms with Crippen LogP contribution in [0.15, 0.2) is 67.1 Å². The standard InChI is InChI=1S/C19H15ClN2O/c20-17-8-6-16(7-9-17)19(23)10-5-14-1-3-15(4-2-14)11-18-12-21-13-22-18/h1-10,12-13H,11H2,(H,21,22)/b10-5+. The summed E-state index contributed by atoms with van der Waals surface area (Å²) >= 11 is 5.82. The van der Waals surface area contributed by atoms with Gasteiger partial charge in [0.1, 0.15) is 0 Å². The fourth-order valence-electron chi connectivity index (χ4n) is 2.23. The van der Waals surface area contributed by atoms with Crippen molar-refractivity contribution < 1.29 is 4.79 Å². The Bertz CT molecular complexity index is 804. The van der Waals surface area contributed by atoms with E-state index in [2.05, 4.69) is 9.97 Å². The lowest BCUT2D eigenvalue weighted by Crippen LogP contribution is -1.93. The number of hydrogen-bond acceptors (Lipinski definition) is 2. The largest absolute Gasteiger partial charge is 0.348 e. The van der Waals surface area contributed by atoms with Crippen LogP contribution in [0.5, 0.6) is 0 Å². The van der Waals surface area contributed by atoms with Gasteiger partial charge in [0, 0.05) is 28.9 Å². The van der Waals surface area contributed by atoms with Gasteiger partial charge in [-0.1, -0.05) is 41.9 Å². The lowest BCUT2D eigenvalue weighted by Gasteiger charge is -2.00. The minimum absolute atomic E-state index is 0.0387. The van der Waals surface area contributed by atoms with Crippen molar-refractivity contribution in [2.45, 2.75) is 6.42 Å². The van der Waals surface area contributed by atoms with Crippen molar-refractivity contribution in [2.24, 2.45) is 0 Å². The quantitative estimate of drug-likeness (QED) is 0.553. The molecule has 1 aromatic heterocycles. The number of rotatable bonds is 5. The molecule has 0 aliphatic rings. The molecule has 3 rings (SSSR count). The molecule has 1 heterocycles. The number of benzene rings is 2. The number of aromatic nitrogens is 2. The molecule has 0 fully saturated rings. The van der Waals surface area contributed by atoms with E-state index in [4.69, 9.17) is 11.6 Å². The number of nitrogens with zero attached hydrogens (tertiary/aromatic N) is 1. The first kappa shape index (κ1) is 15.3. The Morgan fingerprint density at radius 3 is 2.48 bits per heavy atom. The van der Waals surface area contributed by atoms with Gasteiger partial charge in [0.25, 0.3) is 0 Å². The molecule has 0 amide bonds. The highest BCUT2D eigenvalue weighted by atomic mass is 35.5. The fraction of sp³-hybridized carbons (Fsp3) is 0.0526. The van der Waals surface area contributed by atoms with E-state index in [1.807, 2.05) is 36.5 Å². The zero-order chi connectivity index (χ0) is 16.1. The lowest BCUT2D eigenvalue weighted by atomic mass is 10.1. The van der Waals surface area contributed by atoms with Crippen LogP contribution < -0.4 is 0 Å². The molecule has 23 heavy (non-hydrogen) atoms. The average Bonchev–Trinajstić information content (AvgIpc) is 3.07. The Hall–Kier alpha value is -2.65. The van der Waals surface area contributed by atoms with Crippen molar-refractivity contribution >= 4 is 23.5 Å². The van der Waals surface area contributed by atoms with Gasteiger partial charge in [0.2, 0.25) is 0 Å². The van der Waals surface area contributed by atoms with Gasteiger partial charge in [-0.15, -0.1) is 0 Å². The number of nitrogens with one attached hydrogen (secondary N) is 1. The summed E-state index contributed by atoms with van der Waals surface area (Å²) in [5.41, 5.74) is 3.88. The van der Waals surface area contributed by atoms with Crippen molar-refractivity contribution in [3.05, 3.63) is 94.5 Å². The van der Waals surface area contributed by atoms with Gasteiger partial charge < -0.3 is 4.98 Å². The van der Waals surface area contributed by atoms with Crippen LogP contribution >= 0.6 is 11.6 Å². The Labute approximate surface area is 139 Å². The van der Waals surface area contributed by atoms with Crippen LogP contribution in [0, 0.1) is 0 Å². The van der Waals surface area contributed by atoms with E-state index in [9.17, 15) is 4.79 Å². The van der Waals surface area contributed by atoms with E-state index >= 15 is 0 Å². The smallest absolute Gasteiger partial charge is 0.185 e. The first-order valence-electron chi connectivity index (χ1n) is 7.25. The number of carbonyl (C=O) groups is 1. The fourth-order valence-corrected chi connectivity index (χ4v) is 2.36. The van der Waals surface area contributed by atoms with Crippen LogP contribution in [-0.2, 0) is 6.42 Å². The first-order chi connectivity index (χ1) is 11.2. The highest BCUT2D eigenvalue weighted by Crippen LogP contribution is 2.13. The van der Waals surface area contributed by atoms with E-state index < -0.39 is 0 Å². The second-order valence-electron chi connectivity index (χ2n) is 5.20. The van der Waals surface area contributed by atoms with Gasteiger partial charge in [-0.3, -0.25) is 4.79 Å². The number of carbonyl (C=O) groups excluding carboxylic acids is 1. The van der Waals surface area contributed by atoms with E-state index in [-0.39, 0.29) is 5.78 Å². The summed E-state index contributed by atoms with van der Waals surface area (Å²) in [6.07, 6.45) is 7.70. The maximum Gasteiger partial charge on any atom is 0.185 e. The molecule has 4 heteroatoms. The van der Waals surface area contributed by atoms with Crippen LogP contribution in [-0.4, -0.2) is 15.8 Å². The highest BCUT2D eigenvalue weighted by molar-refractivity contribution is 6.30. The summed E-state index contributed by atoms with van der Waals surface area (Å²) in [5, 5.41) is 0.624. The number of halogens is 1. The van der Waals surface area contributed by atoms with Crippen LogP contribution in [0.3, 0.4) is 0 Å². The molecule has 0 bridgehead atoms. The lowest BCUT2D eigenvalue weighted by molar-refractivity contribution is 0.104. The molecule has 0 saturated carbocycles. The van der Waals surface area contributed by atoms with Crippen molar-refractivity contribution in [1.82, 2.24) is 9.97 Å². The molecule has 0 aliphatic heterocycles. The van der Waals surface area contributed by atoms with Crippen molar-refractivity contribution in [3.63, 3.8) is 0 Å². The minimum Gasteiger partial charge on any atom is -0.348 e. The minimum atomic E-state index is -0.0387. The van der Waals surface area contributed by atoms with E-state index in [1.54, 1.807) is 36.7 Å². The maximum absolute atomic E-state index is 12.1. The summed E-state index contributed by atoms with van der Waals surface area (Å²) in [5.74, 6) is -0.0387. The third kappa shape index (κ3) is 4.18. The highest BCUT2D eigenvalue weighted by Gasteiger charge is 2.01. The Balaban J connectivity index is 1.65. The number of ketones is 1. The second-order valence-corrected chi connectivity index (χ2v) is 5.64. The predicted octanol–water partition coefficient (Wildman–Crippen LogP) is 4.55. The Morgan fingerprint density at radius 2 is 1.83 bits per heavy atom. The topological polar surface area (TPSA) is 45.8 Å². The maximum atomic E-state index is 12.1. The van der Waals surface area contributed by atoms with Gasteiger partial charge in [0.15, 0.2) is 5.78 Å². The molecule has 114 valence electrons. The SMILES string of the molecule is O=C(/C=C/c1ccc(Cc2cnc[nH]2)cc1)c1ccc(Cl)cc1.